The van der Waals surface area contributed by atoms with Crippen molar-refractivity contribution in [3.05, 3.63) is 45.0 Å². The third kappa shape index (κ3) is 3.34. The van der Waals surface area contributed by atoms with Gasteiger partial charge in [-0.15, -0.1) is 0 Å². The van der Waals surface area contributed by atoms with Crippen LogP contribution >= 0.6 is 11.6 Å². The Morgan fingerprint density at radius 3 is 2.93 bits per heavy atom. The summed E-state index contributed by atoms with van der Waals surface area (Å²) in [6, 6.07) is 4.61. The van der Waals surface area contributed by atoms with Gasteiger partial charge in [-0.05, 0) is 19.2 Å². The Balaban J connectivity index is 3.01. The van der Waals surface area contributed by atoms with Crippen LogP contribution in [0.5, 0.6) is 0 Å². The largest absolute Gasteiger partial charge is 0.316 e. The third-order valence-corrected chi connectivity index (χ3v) is 2.04. The van der Waals surface area contributed by atoms with Crippen LogP contribution in [0.15, 0.2) is 24.3 Å². The maximum absolute atomic E-state index is 10.7. The van der Waals surface area contributed by atoms with Crippen LogP contribution in [-0.4, -0.2) is 18.5 Å². The molecule has 1 aromatic rings. The zero-order chi connectivity index (χ0) is 11.3. The summed E-state index contributed by atoms with van der Waals surface area (Å²) >= 11 is 5.68. The molecule has 0 heterocycles. The molecule has 0 aliphatic heterocycles. The van der Waals surface area contributed by atoms with E-state index in [0.29, 0.717) is 17.1 Å². The lowest BCUT2D eigenvalue weighted by atomic mass is 10.1. The van der Waals surface area contributed by atoms with Gasteiger partial charge in [0.1, 0.15) is 0 Å². The molecule has 0 saturated carbocycles. The molecule has 1 aromatic carbocycles. The van der Waals surface area contributed by atoms with Crippen molar-refractivity contribution in [3.8, 4) is 0 Å². The molecule has 0 bridgehead atoms. The van der Waals surface area contributed by atoms with E-state index in [1.165, 1.54) is 6.07 Å². The minimum Gasteiger partial charge on any atom is -0.316 e. The van der Waals surface area contributed by atoms with Gasteiger partial charge in [0.15, 0.2) is 0 Å². The van der Waals surface area contributed by atoms with Crippen molar-refractivity contribution in [3.63, 3.8) is 0 Å². The number of hydrogen-bond acceptors (Lipinski definition) is 3. The molecule has 5 heteroatoms. The molecule has 0 spiro atoms. The average Bonchev–Trinajstić information content (AvgIpc) is 2.20. The zero-order valence-corrected chi connectivity index (χ0v) is 8.99. The van der Waals surface area contributed by atoms with Crippen molar-refractivity contribution >= 4 is 23.4 Å². The molecule has 0 radical (unpaired) electrons. The van der Waals surface area contributed by atoms with Crippen LogP contribution in [0.4, 0.5) is 5.69 Å². The van der Waals surface area contributed by atoms with Crippen molar-refractivity contribution < 1.29 is 4.92 Å². The number of nitro groups is 1. The van der Waals surface area contributed by atoms with Gasteiger partial charge in [0.05, 0.1) is 10.5 Å². The second-order valence-electron chi connectivity index (χ2n) is 2.92. The minimum atomic E-state index is -0.440. The Morgan fingerprint density at radius 2 is 2.33 bits per heavy atom. The van der Waals surface area contributed by atoms with Gasteiger partial charge >= 0.3 is 0 Å². The summed E-state index contributed by atoms with van der Waals surface area (Å²) in [6.07, 6.45) is 3.52. The standard InChI is InChI=1S/C10H11ClN2O2/c1-12-6-2-3-8-4-5-9(11)7-10(8)13(14)15/h2-5,7,12H,6H2,1H3. The quantitative estimate of drug-likeness (QED) is 0.634. The van der Waals surface area contributed by atoms with Crippen molar-refractivity contribution in [2.24, 2.45) is 0 Å². The molecule has 0 aromatic heterocycles. The molecule has 80 valence electrons. The second kappa shape index (κ2) is 5.48. The second-order valence-corrected chi connectivity index (χ2v) is 3.36. The summed E-state index contributed by atoms with van der Waals surface area (Å²) in [4.78, 5) is 10.3. The smallest absolute Gasteiger partial charge is 0.278 e. The van der Waals surface area contributed by atoms with Crippen LogP contribution in [0.25, 0.3) is 6.08 Å². The Kier molecular flexibility index (Phi) is 4.27. The van der Waals surface area contributed by atoms with Crippen molar-refractivity contribution in [1.82, 2.24) is 5.32 Å². The lowest BCUT2D eigenvalue weighted by Gasteiger charge is -1.98. The number of hydrogen-bond donors (Lipinski definition) is 1. The highest BCUT2D eigenvalue weighted by Gasteiger charge is 2.11. The first-order valence-corrected chi connectivity index (χ1v) is 4.78. The van der Waals surface area contributed by atoms with E-state index in [-0.39, 0.29) is 5.69 Å². The summed E-state index contributed by atoms with van der Waals surface area (Å²) in [5.74, 6) is 0. The Bertz CT molecular complexity index is 391. The highest BCUT2D eigenvalue weighted by atomic mass is 35.5. The first kappa shape index (κ1) is 11.7. The fraction of sp³-hybridized carbons (Fsp3) is 0.200. The zero-order valence-electron chi connectivity index (χ0n) is 8.24. The molecule has 0 saturated heterocycles. The van der Waals surface area contributed by atoms with Crippen molar-refractivity contribution in [1.29, 1.82) is 0 Å². The van der Waals surface area contributed by atoms with Crippen LogP contribution in [0.2, 0.25) is 5.02 Å². The van der Waals surface area contributed by atoms with Crippen molar-refractivity contribution in [2.45, 2.75) is 0 Å². The molecule has 0 aliphatic carbocycles. The van der Waals surface area contributed by atoms with Gasteiger partial charge in [0, 0.05) is 17.6 Å². The molecule has 15 heavy (non-hydrogen) atoms. The van der Waals surface area contributed by atoms with Crippen LogP contribution in [0.1, 0.15) is 5.56 Å². The fourth-order valence-corrected chi connectivity index (χ4v) is 1.29. The SMILES string of the molecule is CNCC=Cc1ccc(Cl)cc1[N+](=O)[O-]. The van der Waals surface area contributed by atoms with E-state index in [0.717, 1.165) is 0 Å². The molecule has 0 atom stereocenters. The average molecular weight is 227 g/mol. The summed E-state index contributed by atoms with van der Waals surface area (Å²) in [5, 5.41) is 14.0. The predicted octanol–water partition coefficient (Wildman–Crippen LogP) is 2.48. The molecule has 0 unspecified atom stereocenters. The minimum absolute atomic E-state index is 0.0230. The van der Waals surface area contributed by atoms with E-state index < -0.39 is 4.92 Å². The van der Waals surface area contributed by atoms with E-state index in [1.54, 1.807) is 25.3 Å². The lowest BCUT2D eigenvalue weighted by Crippen LogP contribution is -2.03. The van der Waals surface area contributed by atoms with Gasteiger partial charge in [-0.1, -0.05) is 23.8 Å². The predicted molar refractivity (Wildman–Crippen MR) is 61.1 cm³/mol. The third-order valence-electron chi connectivity index (χ3n) is 1.81. The van der Waals surface area contributed by atoms with E-state index in [2.05, 4.69) is 5.32 Å². The molecular weight excluding hydrogens is 216 g/mol. The van der Waals surface area contributed by atoms with Gasteiger partial charge in [-0.2, -0.15) is 0 Å². The van der Waals surface area contributed by atoms with E-state index in [1.807, 2.05) is 6.08 Å². The summed E-state index contributed by atoms with van der Waals surface area (Å²) in [7, 11) is 1.81. The highest BCUT2D eigenvalue weighted by Crippen LogP contribution is 2.24. The maximum Gasteiger partial charge on any atom is 0.278 e. The fourth-order valence-electron chi connectivity index (χ4n) is 1.12. The summed E-state index contributed by atoms with van der Waals surface area (Å²) in [6.45, 7) is 0.666. The normalized spacial score (nSPS) is 10.8. The number of nitrogens with zero attached hydrogens (tertiary/aromatic N) is 1. The Hall–Kier alpha value is -1.39. The molecule has 1 rings (SSSR count). The van der Waals surface area contributed by atoms with Gasteiger partial charge in [0.25, 0.3) is 5.69 Å². The number of likely N-dealkylation sites (N-methyl/N-ethyl adjacent to an activating group) is 1. The van der Waals surface area contributed by atoms with Gasteiger partial charge in [-0.25, -0.2) is 0 Å². The number of nitro benzene ring substituents is 1. The number of halogens is 1. The number of rotatable bonds is 4. The summed E-state index contributed by atoms with van der Waals surface area (Å²) < 4.78 is 0. The molecule has 0 aliphatic rings. The van der Waals surface area contributed by atoms with Crippen LogP contribution in [-0.2, 0) is 0 Å². The first-order valence-electron chi connectivity index (χ1n) is 4.40. The van der Waals surface area contributed by atoms with Crippen LogP contribution in [0.3, 0.4) is 0 Å². The molecular formula is C10H11ClN2O2. The molecule has 0 fully saturated rings. The molecule has 1 N–H and O–H groups in total. The monoisotopic (exact) mass is 226 g/mol. The van der Waals surface area contributed by atoms with Crippen LogP contribution < -0.4 is 5.32 Å². The van der Waals surface area contributed by atoms with Crippen LogP contribution in [0, 0.1) is 10.1 Å². The topological polar surface area (TPSA) is 55.2 Å². The first-order chi connectivity index (χ1) is 7.15. The summed E-state index contributed by atoms with van der Waals surface area (Å²) in [5.41, 5.74) is 0.578. The highest BCUT2D eigenvalue weighted by molar-refractivity contribution is 6.30. The number of benzene rings is 1. The molecule has 4 nitrogen and oxygen atoms in total. The van der Waals surface area contributed by atoms with Crippen molar-refractivity contribution in [2.75, 3.05) is 13.6 Å². The van der Waals surface area contributed by atoms with E-state index in [9.17, 15) is 10.1 Å². The van der Waals surface area contributed by atoms with Gasteiger partial charge in [0.2, 0.25) is 0 Å². The van der Waals surface area contributed by atoms with E-state index in [4.69, 9.17) is 11.6 Å². The molecule has 0 amide bonds. The lowest BCUT2D eigenvalue weighted by molar-refractivity contribution is -0.385. The van der Waals surface area contributed by atoms with Gasteiger partial charge < -0.3 is 5.32 Å². The number of nitrogens with one attached hydrogen (secondary N) is 1. The maximum atomic E-state index is 10.7. The Labute approximate surface area is 92.7 Å². The van der Waals surface area contributed by atoms with E-state index >= 15 is 0 Å². The Morgan fingerprint density at radius 1 is 1.60 bits per heavy atom. The van der Waals surface area contributed by atoms with Gasteiger partial charge in [-0.3, -0.25) is 10.1 Å².